The molecule has 2 N–H and O–H groups in total. The first-order valence-electron chi connectivity index (χ1n) is 14.2. The van der Waals surface area contributed by atoms with Crippen LogP contribution in [-0.2, 0) is 28.0 Å². The highest BCUT2D eigenvalue weighted by Crippen LogP contribution is 2.30. The number of methoxy groups -OCH3 is 2. The summed E-state index contributed by atoms with van der Waals surface area (Å²) in [5, 5.41) is 15.8. The number of aromatic nitrogens is 4. The first kappa shape index (κ1) is 30.7. The zero-order chi connectivity index (χ0) is 31.4. The topological polar surface area (TPSA) is 104 Å². The van der Waals surface area contributed by atoms with Crippen molar-refractivity contribution in [3.63, 3.8) is 0 Å². The van der Waals surface area contributed by atoms with Crippen molar-refractivity contribution in [2.24, 2.45) is 0 Å². The maximum Gasteiger partial charge on any atom is 0.320 e. The predicted molar refractivity (Wildman–Crippen MR) is 167 cm³/mol. The Bertz CT molecular complexity index is 1750. The van der Waals surface area contributed by atoms with Gasteiger partial charge >= 0.3 is 6.03 Å². The van der Waals surface area contributed by atoms with Gasteiger partial charge in [-0.15, -0.1) is 0 Å². The monoisotopic (exact) mass is 600 g/mol. The normalized spacial score (nSPS) is 11.7. The van der Waals surface area contributed by atoms with Gasteiger partial charge in [0.05, 0.1) is 29.6 Å². The van der Waals surface area contributed by atoms with Crippen LogP contribution in [0.1, 0.15) is 37.6 Å². The highest BCUT2D eigenvalue weighted by atomic mass is 19.1. The molecule has 3 aromatic carbocycles. The third-order valence-electron chi connectivity index (χ3n) is 7.15. The molecule has 44 heavy (non-hydrogen) atoms. The molecule has 2 amide bonds. The lowest BCUT2D eigenvalue weighted by atomic mass is 9.92. The molecule has 5 aromatic rings. The number of nitrogens with zero attached hydrogens (tertiary/aromatic N) is 4. The third kappa shape index (κ3) is 7.07. The van der Waals surface area contributed by atoms with Crippen molar-refractivity contribution in [3.8, 4) is 17.2 Å². The molecular formula is C33H37FN6O4. The second-order valence-electron chi connectivity index (χ2n) is 11.5. The van der Waals surface area contributed by atoms with E-state index in [4.69, 9.17) is 19.3 Å². The Morgan fingerprint density at radius 3 is 2.45 bits per heavy atom. The third-order valence-corrected chi connectivity index (χ3v) is 7.15. The molecule has 0 radical (unpaired) electrons. The highest BCUT2D eigenvalue weighted by molar-refractivity contribution is 5.88. The van der Waals surface area contributed by atoms with E-state index in [-0.39, 0.29) is 12.0 Å². The summed E-state index contributed by atoms with van der Waals surface area (Å²) in [6, 6.07) is 19.0. The van der Waals surface area contributed by atoms with Crippen LogP contribution in [0.25, 0.3) is 16.6 Å². The van der Waals surface area contributed by atoms with Crippen LogP contribution in [0.5, 0.6) is 11.5 Å². The minimum absolute atomic E-state index is 0.0271. The number of hydrogen-bond acceptors (Lipinski definition) is 6. The summed E-state index contributed by atoms with van der Waals surface area (Å²) in [5.74, 6) is 1.03. The quantitative estimate of drug-likeness (QED) is 0.173. The van der Waals surface area contributed by atoms with Crippen LogP contribution in [-0.4, -0.2) is 46.1 Å². The Morgan fingerprint density at radius 2 is 1.75 bits per heavy atom. The summed E-state index contributed by atoms with van der Waals surface area (Å²) < 4.78 is 34.5. The smallest absolute Gasteiger partial charge is 0.320 e. The average Bonchev–Trinajstić information content (AvgIpc) is 3.60. The summed E-state index contributed by atoms with van der Waals surface area (Å²) in [5.41, 5.74) is 3.90. The second kappa shape index (κ2) is 12.9. The largest absolute Gasteiger partial charge is 0.457 e. The number of carbonyl (C=O) groups is 1. The lowest BCUT2D eigenvalue weighted by Gasteiger charge is -2.14. The first-order valence-corrected chi connectivity index (χ1v) is 14.2. The number of hydrogen-bond donors (Lipinski definition) is 2. The minimum atomic E-state index is -0.465. The van der Waals surface area contributed by atoms with Gasteiger partial charge < -0.3 is 19.5 Å². The van der Waals surface area contributed by atoms with Crippen molar-refractivity contribution < 1.29 is 23.4 Å². The molecule has 11 heteroatoms. The van der Waals surface area contributed by atoms with Gasteiger partial charge in [0.25, 0.3) is 0 Å². The zero-order valence-corrected chi connectivity index (χ0v) is 25.7. The average molecular weight is 601 g/mol. The van der Waals surface area contributed by atoms with Gasteiger partial charge in [0.15, 0.2) is 6.29 Å². The van der Waals surface area contributed by atoms with E-state index in [2.05, 4.69) is 36.5 Å². The molecular weight excluding hydrogens is 563 g/mol. The van der Waals surface area contributed by atoms with Crippen molar-refractivity contribution in [2.45, 2.75) is 52.5 Å². The molecule has 0 aliphatic rings. The fourth-order valence-electron chi connectivity index (χ4n) is 4.63. The highest BCUT2D eigenvalue weighted by Gasteiger charge is 2.22. The number of amides is 2. The molecule has 0 unspecified atom stereocenters. The van der Waals surface area contributed by atoms with E-state index in [9.17, 15) is 9.18 Å². The molecule has 10 nitrogen and oxygen atoms in total. The first-order chi connectivity index (χ1) is 21.0. The summed E-state index contributed by atoms with van der Waals surface area (Å²) in [4.78, 5) is 13.1. The van der Waals surface area contributed by atoms with Gasteiger partial charge in [-0.3, -0.25) is 10.00 Å². The van der Waals surface area contributed by atoms with Crippen molar-refractivity contribution in [1.29, 1.82) is 0 Å². The summed E-state index contributed by atoms with van der Waals surface area (Å²) in [6.07, 6.45) is 1.30. The molecule has 0 atom stereocenters. The maximum atomic E-state index is 14.3. The van der Waals surface area contributed by atoms with Gasteiger partial charge in [-0.25, -0.2) is 13.9 Å². The number of fused-ring (bicyclic) bond motifs is 1. The summed E-state index contributed by atoms with van der Waals surface area (Å²) in [6.45, 7) is 8.65. The number of anilines is 1. The summed E-state index contributed by atoms with van der Waals surface area (Å²) in [7, 11) is 3.15. The van der Waals surface area contributed by atoms with E-state index in [1.54, 1.807) is 41.9 Å². The molecule has 0 saturated heterocycles. The van der Waals surface area contributed by atoms with E-state index in [1.165, 1.54) is 12.1 Å². The van der Waals surface area contributed by atoms with Crippen LogP contribution in [0, 0.1) is 12.7 Å². The number of carbonyl (C=O) groups excluding carboxylic acids is 1. The van der Waals surface area contributed by atoms with Gasteiger partial charge in [-0.05, 0) is 55.5 Å². The Kier molecular flexibility index (Phi) is 8.98. The predicted octanol–water partition coefficient (Wildman–Crippen LogP) is 6.70. The van der Waals surface area contributed by atoms with Crippen LogP contribution < -0.4 is 15.4 Å². The van der Waals surface area contributed by atoms with E-state index in [1.807, 2.05) is 49.4 Å². The fourth-order valence-corrected chi connectivity index (χ4v) is 4.63. The molecule has 5 rings (SSSR count). The van der Waals surface area contributed by atoms with E-state index in [0.717, 1.165) is 27.8 Å². The van der Waals surface area contributed by atoms with E-state index < -0.39 is 18.1 Å². The van der Waals surface area contributed by atoms with Gasteiger partial charge in [0.2, 0.25) is 0 Å². The number of nitrogens with one attached hydrogen (secondary N) is 2. The minimum Gasteiger partial charge on any atom is -0.457 e. The van der Waals surface area contributed by atoms with Crippen molar-refractivity contribution in [1.82, 2.24) is 24.9 Å². The van der Waals surface area contributed by atoms with Gasteiger partial charge in [0.1, 0.15) is 23.1 Å². The van der Waals surface area contributed by atoms with Gasteiger partial charge in [-0.1, -0.05) is 38.5 Å². The van der Waals surface area contributed by atoms with Crippen molar-refractivity contribution in [2.75, 3.05) is 19.5 Å². The van der Waals surface area contributed by atoms with Crippen molar-refractivity contribution >= 4 is 22.8 Å². The number of halogens is 1. The summed E-state index contributed by atoms with van der Waals surface area (Å²) >= 11 is 0. The second-order valence-corrected chi connectivity index (χ2v) is 11.5. The van der Waals surface area contributed by atoms with Crippen LogP contribution in [0.15, 0.2) is 72.9 Å². The maximum absolute atomic E-state index is 14.3. The zero-order valence-electron chi connectivity index (χ0n) is 25.7. The standard InChI is InChI=1S/C33H37FN6O4/c1-21-7-10-25(11-8-21)40-30(17-29(38-40)33(2,3)4)37-32(41)35-18-23-15-24(34)9-14-28(23)44-26-12-13-27-22(16-26)19-36-39(27)20-31(42-5)43-6/h7-17,19,31H,18,20H2,1-6H3,(H2,35,37,41). The molecule has 2 heterocycles. The molecule has 0 spiro atoms. The Balaban J connectivity index is 1.31. The molecule has 2 aromatic heterocycles. The van der Waals surface area contributed by atoms with Crippen LogP contribution in [0.4, 0.5) is 15.0 Å². The number of rotatable bonds is 10. The molecule has 0 aliphatic heterocycles. The van der Waals surface area contributed by atoms with Gasteiger partial charge in [-0.2, -0.15) is 10.2 Å². The molecule has 0 bridgehead atoms. The number of benzene rings is 3. The Labute approximate surface area is 255 Å². The molecule has 0 fully saturated rings. The lowest BCUT2D eigenvalue weighted by Crippen LogP contribution is -2.29. The Hall–Kier alpha value is -4.74. The van der Waals surface area contributed by atoms with E-state index >= 15 is 0 Å². The van der Waals surface area contributed by atoms with Crippen LogP contribution in [0.3, 0.4) is 0 Å². The SMILES string of the molecule is COC(Cn1ncc2cc(Oc3ccc(F)cc3CNC(=O)Nc3cc(C(C)(C)C)nn3-c3ccc(C)cc3)ccc21)OC. The number of urea groups is 1. The van der Waals surface area contributed by atoms with Crippen LogP contribution >= 0.6 is 0 Å². The fraction of sp³-hybridized carbons (Fsp3) is 0.303. The van der Waals surface area contributed by atoms with Crippen molar-refractivity contribution in [3.05, 3.63) is 95.6 Å². The number of aryl methyl sites for hydroxylation is 1. The number of ether oxygens (including phenoxy) is 3. The Morgan fingerprint density at radius 1 is 1.00 bits per heavy atom. The molecule has 0 saturated carbocycles. The van der Waals surface area contributed by atoms with E-state index in [0.29, 0.717) is 29.4 Å². The molecule has 0 aliphatic carbocycles. The molecule has 230 valence electrons. The lowest BCUT2D eigenvalue weighted by molar-refractivity contribution is -0.111. The van der Waals surface area contributed by atoms with Gasteiger partial charge in [0, 0.05) is 43.2 Å². The van der Waals surface area contributed by atoms with Crippen LogP contribution in [0.2, 0.25) is 0 Å².